The van der Waals surface area contributed by atoms with E-state index >= 15 is 0 Å². The van der Waals surface area contributed by atoms with Gasteiger partial charge in [-0.05, 0) is 53.1 Å². The first-order valence-electron chi connectivity index (χ1n) is 15.5. The second-order valence-corrected chi connectivity index (χ2v) is 14.4. The Hall–Kier alpha value is -4.93. The van der Waals surface area contributed by atoms with Gasteiger partial charge in [0, 0.05) is 41.9 Å². The van der Waals surface area contributed by atoms with E-state index in [4.69, 9.17) is 0 Å². The first kappa shape index (κ1) is 31.1. The van der Waals surface area contributed by atoms with Crippen molar-refractivity contribution in [1.29, 1.82) is 0 Å². The number of nitrogens with one attached hydrogen (secondary N) is 2. The van der Waals surface area contributed by atoms with Gasteiger partial charge in [0.05, 0.1) is 17.8 Å². The molecule has 0 aliphatic carbocycles. The molecule has 4 aromatic rings. The van der Waals surface area contributed by atoms with E-state index in [1.165, 1.54) is 10.8 Å². The first-order valence-corrected chi connectivity index (χ1v) is 15.5. The summed E-state index contributed by atoms with van der Waals surface area (Å²) in [6, 6.07) is 13.5. The number of H-pyrrole nitrogens is 1. The van der Waals surface area contributed by atoms with Crippen molar-refractivity contribution in [3.63, 3.8) is 0 Å². The summed E-state index contributed by atoms with van der Waals surface area (Å²) >= 11 is 0. The van der Waals surface area contributed by atoms with Gasteiger partial charge < -0.3 is 25.2 Å². The highest BCUT2D eigenvalue weighted by molar-refractivity contribution is 6.00. The molecule has 2 bridgehead atoms. The third-order valence-electron chi connectivity index (χ3n) is 9.10. The lowest BCUT2D eigenvalue weighted by Crippen LogP contribution is -2.59. The summed E-state index contributed by atoms with van der Waals surface area (Å²) in [5, 5.41) is 13.6. The van der Waals surface area contributed by atoms with Gasteiger partial charge in [-0.2, -0.15) is 0 Å². The molecular weight excluding hydrogens is 584 g/mol. The van der Waals surface area contributed by atoms with E-state index in [9.17, 15) is 24.3 Å². The lowest BCUT2D eigenvalue weighted by Gasteiger charge is -2.39. The fourth-order valence-electron chi connectivity index (χ4n) is 6.70. The van der Waals surface area contributed by atoms with E-state index in [-0.39, 0.29) is 40.9 Å². The summed E-state index contributed by atoms with van der Waals surface area (Å²) in [6.07, 6.45) is 2.64. The molecule has 46 heavy (non-hydrogen) atoms. The summed E-state index contributed by atoms with van der Waals surface area (Å²) in [6.45, 7) is 12.6. The summed E-state index contributed by atoms with van der Waals surface area (Å²) in [5.41, 5.74) is 2.67. The summed E-state index contributed by atoms with van der Waals surface area (Å²) < 4.78 is 1.18. The number of likely N-dealkylation sites (tertiary alicyclic amines) is 2. The molecule has 11 heteroatoms. The van der Waals surface area contributed by atoms with E-state index in [1.807, 2.05) is 65.8 Å². The minimum Gasteiger partial charge on any atom is -0.464 e. The van der Waals surface area contributed by atoms with Crippen molar-refractivity contribution in [3.05, 3.63) is 77.9 Å². The highest BCUT2D eigenvalue weighted by Crippen LogP contribution is 2.36. The Labute approximate surface area is 267 Å². The third-order valence-corrected chi connectivity index (χ3v) is 9.10. The van der Waals surface area contributed by atoms with Crippen LogP contribution in [0.4, 0.5) is 4.79 Å². The van der Waals surface area contributed by atoms with Crippen LogP contribution in [0.25, 0.3) is 22.2 Å². The molecule has 2 fully saturated rings. The molecular formula is C35H40N6O5. The Morgan fingerprint density at radius 2 is 1.65 bits per heavy atom. The number of rotatable bonds is 5. The lowest BCUT2D eigenvalue weighted by molar-refractivity contribution is -0.138. The number of fused-ring (bicyclic) bond motifs is 3. The number of pyridine rings is 1. The van der Waals surface area contributed by atoms with E-state index in [0.29, 0.717) is 36.5 Å². The SMILES string of the molecule is CC(C)(C)c1ccn(C(=O)O)c1-c1ccc(C(=O)N2C[C@@H]3C[C@H]2CN3C(=O)[C@@H](NC(=O)c2cc3ccccc3[nH]2)C(C)(C)C)nc1. The van der Waals surface area contributed by atoms with Crippen molar-refractivity contribution in [2.75, 3.05) is 13.1 Å². The Morgan fingerprint density at radius 1 is 0.957 bits per heavy atom. The summed E-state index contributed by atoms with van der Waals surface area (Å²) in [7, 11) is 0. The topological polar surface area (TPSA) is 141 Å². The van der Waals surface area contributed by atoms with Crippen LogP contribution in [0.5, 0.6) is 0 Å². The van der Waals surface area contributed by atoms with E-state index in [0.717, 1.165) is 16.5 Å². The van der Waals surface area contributed by atoms with Crippen LogP contribution in [0.3, 0.4) is 0 Å². The number of benzene rings is 1. The minimum absolute atomic E-state index is 0.157. The van der Waals surface area contributed by atoms with Gasteiger partial charge in [0.2, 0.25) is 5.91 Å². The van der Waals surface area contributed by atoms with Gasteiger partial charge >= 0.3 is 6.09 Å². The third kappa shape index (κ3) is 5.54. The zero-order chi connectivity index (χ0) is 33.1. The van der Waals surface area contributed by atoms with E-state index in [2.05, 4.69) is 15.3 Å². The molecule has 11 nitrogen and oxygen atoms in total. The minimum atomic E-state index is -1.09. The Bertz CT molecular complexity index is 1810. The summed E-state index contributed by atoms with van der Waals surface area (Å²) in [4.78, 5) is 63.9. The van der Waals surface area contributed by atoms with Crippen LogP contribution in [0.1, 0.15) is 74.5 Å². The quantitative estimate of drug-likeness (QED) is 0.281. The van der Waals surface area contributed by atoms with E-state index in [1.54, 1.807) is 40.3 Å². The molecule has 0 unspecified atom stereocenters. The first-order chi connectivity index (χ1) is 21.6. The lowest BCUT2D eigenvalue weighted by atomic mass is 9.85. The number of amides is 3. The van der Waals surface area contributed by atoms with Crippen molar-refractivity contribution >= 4 is 34.7 Å². The molecule has 2 saturated heterocycles. The van der Waals surface area contributed by atoms with Gasteiger partial charge in [0.15, 0.2) is 0 Å². The van der Waals surface area contributed by atoms with Crippen LogP contribution in [-0.4, -0.2) is 84.5 Å². The van der Waals surface area contributed by atoms with Gasteiger partial charge in [0.25, 0.3) is 11.8 Å². The predicted molar refractivity (Wildman–Crippen MR) is 174 cm³/mol. The molecule has 1 aromatic carbocycles. The second-order valence-electron chi connectivity index (χ2n) is 14.4. The molecule has 3 amide bonds. The number of piperazine rings is 1. The Kier molecular flexibility index (Phi) is 7.53. The normalized spacial score (nSPS) is 18.7. The van der Waals surface area contributed by atoms with Crippen LogP contribution >= 0.6 is 0 Å². The molecule has 2 aliphatic rings. The standard InChI is InChI=1S/C35H40N6O5/c1-34(2,3)24-13-14-39(33(45)46)28(24)21-11-12-26(36-17-21)31(43)40-18-23-16-22(40)19-41(23)32(44)29(35(4,5)6)38-30(42)27-15-20-9-7-8-10-25(20)37-27/h7-15,17,22-23,29,37H,16,18-19H2,1-6H3,(H,38,42)(H,45,46)/t22-,23-,29+/m0/s1. The molecule has 3 N–H and O–H groups in total. The van der Waals surface area contributed by atoms with Gasteiger partial charge in [0.1, 0.15) is 17.4 Å². The second kappa shape index (κ2) is 11.1. The molecule has 2 aliphatic heterocycles. The maximum Gasteiger partial charge on any atom is 0.416 e. The van der Waals surface area contributed by atoms with Crippen LogP contribution in [0, 0.1) is 5.41 Å². The maximum atomic E-state index is 13.9. The molecule has 240 valence electrons. The zero-order valence-corrected chi connectivity index (χ0v) is 27.0. The maximum absolute atomic E-state index is 13.9. The molecule has 0 radical (unpaired) electrons. The van der Waals surface area contributed by atoms with Gasteiger partial charge in [-0.1, -0.05) is 59.7 Å². The number of hydrogen-bond donors (Lipinski definition) is 3. The smallest absolute Gasteiger partial charge is 0.416 e. The average molecular weight is 625 g/mol. The number of para-hydroxylation sites is 1. The van der Waals surface area contributed by atoms with Gasteiger partial charge in [-0.3, -0.25) is 23.9 Å². The zero-order valence-electron chi connectivity index (χ0n) is 27.0. The predicted octanol–water partition coefficient (Wildman–Crippen LogP) is 5.13. The van der Waals surface area contributed by atoms with Crippen molar-refractivity contribution in [1.82, 2.24) is 29.7 Å². The average Bonchev–Trinajstić information content (AvgIpc) is 3.80. The number of carboxylic acid groups (broad SMARTS) is 1. The monoisotopic (exact) mass is 624 g/mol. The van der Waals surface area contributed by atoms with Crippen molar-refractivity contribution in [3.8, 4) is 11.3 Å². The van der Waals surface area contributed by atoms with Crippen LogP contribution in [0.2, 0.25) is 0 Å². The molecule has 3 aromatic heterocycles. The van der Waals surface area contributed by atoms with E-state index < -0.39 is 17.6 Å². The fourth-order valence-corrected chi connectivity index (χ4v) is 6.70. The Balaban J connectivity index is 1.15. The molecule has 0 saturated carbocycles. The summed E-state index contributed by atoms with van der Waals surface area (Å²) in [5.74, 6) is -0.726. The molecule has 5 heterocycles. The van der Waals surface area contributed by atoms with Crippen LogP contribution in [0.15, 0.2) is 60.9 Å². The highest BCUT2D eigenvalue weighted by atomic mass is 16.4. The Morgan fingerprint density at radius 3 is 2.24 bits per heavy atom. The molecule has 3 atom stereocenters. The van der Waals surface area contributed by atoms with Crippen LogP contribution < -0.4 is 5.32 Å². The number of carbonyl (C=O) groups excluding carboxylic acids is 3. The number of aromatic amines is 1. The van der Waals surface area contributed by atoms with Gasteiger partial charge in [-0.25, -0.2) is 4.79 Å². The van der Waals surface area contributed by atoms with Crippen molar-refractivity contribution in [2.24, 2.45) is 5.41 Å². The fraction of sp³-hybridized carbons (Fsp3) is 0.400. The van der Waals surface area contributed by atoms with Crippen molar-refractivity contribution < 1.29 is 24.3 Å². The van der Waals surface area contributed by atoms with Gasteiger partial charge in [-0.15, -0.1) is 0 Å². The number of carbonyl (C=O) groups is 4. The highest BCUT2D eigenvalue weighted by Gasteiger charge is 2.50. The van der Waals surface area contributed by atoms with Crippen LogP contribution in [-0.2, 0) is 10.2 Å². The number of hydrogen-bond acceptors (Lipinski definition) is 5. The molecule has 6 rings (SSSR count). The number of nitrogens with zero attached hydrogens (tertiary/aromatic N) is 4. The largest absolute Gasteiger partial charge is 0.464 e. The molecule has 0 spiro atoms. The van der Waals surface area contributed by atoms with Crippen molar-refractivity contribution in [2.45, 2.75) is 71.5 Å². The number of aromatic nitrogens is 3.